The van der Waals surface area contributed by atoms with Crippen LogP contribution < -0.4 is 14.2 Å². The maximum Gasteiger partial charge on any atom is 0.226 e. The Morgan fingerprint density at radius 2 is 1.92 bits per heavy atom. The normalized spacial score (nSPS) is 12.6. The molecule has 0 N–H and O–H groups in total. The van der Waals surface area contributed by atoms with Crippen molar-refractivity contribution in [3.05, 3.63) is 52.5 Å². The molecule has 3 rings (SSSR count). The van der Waals surface area contributed by atoms with E-state index in [0.717, 1.165) is 11.3 Å². The van der Waals surface area contributed by atoms with Gasteiger partial charge in [-0.2, -0.15) is 0 Å². The molecule has 5 nitrogen and oxygen atoms in total. The molecule has 0 bridgehead atoms. The monoisotopic (exact) mass is 375 g/mol. The van der Waals surface area contributed by atoms with E-state index in [4.69, 9.17) is 25.8 Å². The summed E-state index contributed by atoms with van der Waals surface area (Å²) in [5.74, 6) is 1.94. The van der Waals surface area contributed by atoms with Gasteiger partial charge in [0.05, 0.1) is 18.0 Å². The van der Waals surface area contributed by atoms with Gasteiger partial charge in [-0.1, -0.05) is 29.3 Å². The Labute approximate surface area is 158 Å². The molecule has 0 saturated heterocycles. The molecule has 0 aromatic heterocycles. The van der Waals surface area contributed by atoms with Gasteiger partial charge in [0.1, 0.15) is 25.6 Å². The minimum Gasteiger partial charge on any atom is -0.492 e. The highest BCUT2D eigenvalue weighted by Gasteiger charge is 2.18. The fourth-order valence-electron chi connectivity index (χ4n) is 2.64. The van der Waals surface area contributed by atoms with Crippen LogP contribution in [0.15, 0.2) is 36.4 Å². The quantitative estimate of drug-likeness (QED) is 0.775. The molecule has 0 spiro atoms. The predicted octanol–water partition coefficient (Wildman–Crippen LogP) is 3.50. The first-order valence-electron chi connectivity index (χ1n) is 8.54. The first kappa shape index (κ1) is 18.4. The highest BCUT2D eigenvalue weighted by molar-refractivity contribution is 6.32. The van der Waals surface area contributed by atoms with Crippen LogP contribution in [0.25, 0.3) is 0 Å². The Kier molecular flexibility index (Phi) is 5.89. The SMILES string of the molecule is Cc1ccc(OCCN(C)C(=O)Cc2cc(Cl)c3c(c2)OCCO3)cc1. The Bertz CT molecular complexity index is 776. The summed E-state index contributed by atoms with van der Waals surface area (Å²) in [6.07, 6.45) is 0.247. The number of carbonyl (C=O) groups is 1. The van der Waals surface area contributed by atoms with Crippen LogP contribution >= 0.6 is 11.6 Å². The number of aryl methyl sites for hydroxylation is 1. The van der Waals surface area contributed by atoms with E-state index in [9.17, 15) is 4.79 Å². The van der Waals surface area contributed by atoms with Gasteiger partial charge in [-0.25, -0.2) is 0 Å². The number of hydrogen-bond acceptors (Lipinski definition) is 4. The number of nitrogens with zero attached hydrogens (tertiary/aromatic N) is 1. The molecule has 0 unspecified atom stereocenters. The minimum atomic E-state index is -0.00903. The number of hydrogen-bond donors (Lipinski definition) is 0. The Morgan fingerprint density at radius 3 is 2.69 bits per heavy atom. The molecule has 26 heavy (non-hydrogen) atoms. The van der Waals surface area contributed by atoms with Crippen LogP contribution in [0.1, 0.15) is 11.1 Å². The molecule has 0 fully saturated rings. The summed E-state index contributed by atoms with van der Waals surface area (Å²) in [6, 6.07) is 11.4. The van der Waals surface area contributed by atoms with Crippen molar-refractivity contribution in [2.24, 2.45) is 0 Å². The van der Waals surface area contributed by atoms with Crippen LogP contribution in [-0.2, 0) is 11.2 Å². The van der Waals surface area contributed by atoms with Crippen LogP contribution in [0.5, 0.6) is 17.2 Å². The van der Waals surface area contributed by atoms with E-state index in [0.29, 0.717) is 42.9 Å². The van der Waals surface area contributed by atoms with Crippen LogP contribution in [0, 0.1) is 6.92 Å². The van der Waals surface area contributed by atoms with E-state index in [-0.39, 0.29) is 12.3 Å². The molecule has 0 atom stereocenters. The van der Waals surface area contributed by atoms with E-state index in [1.54, 1.807) is 18.0 Å². The summed E-state index contributed by atoms with van der Waals surface area (Å²) >= 11 is 6.22. The molecule has 2 aromatic carbocycles. The second-order valence-corrected chi connectivity index (χ2v) is 6.66. The van der Waals surface area contributed by atoms with Gasteiger partial charge in [-0.05, 0) is 36.8 Å². The summed E-state index contributed by atoms with van der Waals surface area (Å²) in [4.78, 5) is 14.1. The van der Waals surface area contributed by atoms with Gasteiger partial charge < -0.3 is 19.1 Å². The zero-order valence-electron chi connectivity index (χ0n) is 15.0. The van der Waals surface area contributed by atoms with Crippen molar-refractivity contribution < 1.29 is 19.0 Å². The first-order chi connectivity index (χ1) is 12.5. The molecule has 2 aromatic rings. The lowest BCUT2D eigenvalue weighted by Gasteiger charge is -2.21. The number of carbonyl (C=O) groups excluding carboxylic acids is 1. The maximum absolute atomic E-state index is 12.4. The highest BCUT2D eigenvalue weighted by Crippen LogP contribution is 2.38. The van der Waals surface area contributed by atoms with Crippen LogP contribution in [0.3, 0.4) is 0 Å². The number of rotatable bonds is 6. The zero-order chi connectivity index (χ0) is 18.5. The number of amides is 1. The number of halogens is 1. The molecule has 1 heterocycles. The molecular formula is C20H22ClNO4. The number of ether oxygens (including phenoxy) is 3. The molecule has 6 heteroatoms. The third-order valence-electron chi connectivity index (χ3n) is 4.15. The molecule has 1 aliphatic heterocycles. The largest absolute Gasteiger partial charge is 0.492 e. The lowest BCUT2D eigenvalue weighted by molar-refractivity contribution is -0.129. The van der Waals surface area contributed by atoms with Crippen LogP contribution in [-0.4, -0.2) is 44.2 Å². The van der Waals surface area contributed by atoms with Gasteiger partial charge in [-0.3, -0.25) is 4.79 Å². The van der Waals surface area contributed by atoms with Crippen molar-refractivity contribution in [1.82, 2.24) is 4.90 Å². The van der Waals surface area contributed by atoms with Gasteiger partial charge in [-0.15, -0.1) is 0 Å². The summed E-state index contributed by atoms with van der Waals surface area (Å²) in [5.41, 5.74) is 1.98. The van der Waals surface area contributed by atoms with E-state index < -0.39 is 0 Å². The predicted molar refractivity (Wildman–Crippen MR) is 100 cm³/mol. The van der Waals surface area contributed by atoms with Crippen molar-refractivity contribution >= 4 is 17.5 Å². The number of fused-ring (bicyclic) bond motifs is 1. The fourth-order valence-corrected chi connectivity index (χ4v) is 2.92. The molecule has 0 radical (unpaired) electrons. The van der Waals surface area contributed by atoms with Gasteiger partial charge in [0.25, 0.3) is 0 Å². The van der Waals surface area contributed by atoms with Crippen LogP contribution in [0.4, 0.5) is 0 Å². The Morgan fingerprint density at radius 1 is 1.19 bits per heavy atom. The van der Waals surface area contributed by atoms with Crippen molar-refractivity contribution in [3.63, 3.8) is 0 Å². The van der Waals surface area contributed by atoms with Crippen molar-refractivity contribution in [3.8, 4) is 17.2 Å². The minimum absolute atomic E-state index is 0.00903. The second-order valence-electron chi connectivity index (χ2n) is 6.26. The molecule has 138 valence electrons. The number of benzene rings is 2. The fraction of sp³-hybridized carbons (Fsp3) is 0.350. The highest BCUT2D eigenvalue weighted by atomic mass is 35.5. The maximum atomic E-state index is 12.4. The third kappa shape index (κ3) is 4.61. The number of likely N-dealkylation sites (N-methyl/N-ethyl adjacent to an activating group) is 1. The zero-order valence-corrected chi connectivity index (χ0v) is 15.7. The van der Waals surface area contributed by atoms with E-state index in [1.165, 1.54) is 5.56 Å². The van der Waals surface area contributed by atoms with Gasteiger partial charge in [0, 0.05) is 7.05 Å². The lowest BCUT2D eigenvalue weighted by Crippen LogP contribution is -2.32. The third-order valence-corrected chi connectivity index (χ3v) is 4.43. The Balaban J connectivity index is 1.52. The van der Waals surface area contributed by atoms with Crippen LogP contribution in [0.2, 0.25) is 5.02 Å². The summed E-state index contributed by atoms with van der Waals surface area (Å²) in [5, 5.41) is 0.468. The molecule has 1 amide bonds. The average molecular weight is 376 g/mol. The van der Waals surface area contributed by atoms with E-state index in [1.807, 2.05) is 37.3 Å². The van der Waals surface area contributed by atoms with Crippen molar-refractivity contribution in [2.45, 2.75) is 13.3 Å². The summed E-state index contributed by atoms with van der Waals surface area (Å²) in [7, 11) is 1.76. The summed E-state index contributed by atoms with van der Waals surface area (Å²) < 4.78 is 16.7. The van der Waals surface area contributed by atoms with Gasteiger partial charge >= 0.3 is 0 Å². The molecular weight excluding hydrogens is 354 g/mol. The average Bonchev–Trinajstić information content (AvgIpc) is 2.63. The van der Waals surface area contributed by atoms with Crippen molar-refractivity contribution in [2.75, 3.05) is 33.4 Å². The molecule has 1 aliphatic rings. The van der Waals surface area contributed by atoms with Gasteiger partial charge in [0.2, 0.25) is 5.91 Å². The van der Waals surface area contributed by atoms with Gasteiger partial charge in [0.15, 0.2) is 11.5 Å². The van der Waals surface area contributed by atoms with Crippen molar-refractivity contribution in [1.29, 1.82) is 0 Å². The lowest BCUT2D eigenvalue weighted by atomic mass is 10.1. The first-order valence-corrected chi connectivity index (χ1v) is 8.92. The standard InChI is InChI=1S/C20H22ClNO4/c1-14-3-5-16(6-4-14)24-8-7-22(2)19(23)13-15-11-17(21)20-18(12-15)25-9-10-26-20/h3-6,11-12H,7-10,13H2,1-2H3. The van der Waals surface area contributed by atoms with E-state index >= 15 is 0 Å². The smallest absolute Gasteiger partial charge is 0.226 e. The summed E-state index contributed by atoms with van der Waals surface area (Å²) in [6.45, 7) is 3.93. The topological polar surface area (TPSA) is 48.0 Å². The second kappa shape index (κ2) is 8.32. The van der Waals surface area contributed by atoms with E-state index in [2.05, 4.69) is 0 Å². The molecule has 0 aliphatic carbocycles. The molecule has 0 saturated carbocycles. The Hall–Kier alpha value is -2.40.